The van der Waals surface area contributed by atoms with Gasteiger partial charge in [-0.1, -0.05) is 23.7 Å². The van der Waals surface area contributed by atoms with E-state index in [-0.39, 0.29) is 0 Å². The van der Waals surface area contributed by atoms with Crippen molar-refractivity contribution >= 4 is 22.6 Å². The summed E-state index contributed by atoms with van der Waals surface area (Å²) in [4.78, 5) is 7.85. The first kappa shape index (κ1) is 16.6. The fourth-order valence-electron chi connectivity index (χ4n) is 2.60. The number of halogens is 1. The molecule has 0 radical (unpaired) electrons. The molecule has 24 heavy (non-hydrogen) atoms. The zero-order valence-electron chi connectivity index (χ0n) is 13.7. The second kappa shape index (κ2) is 7.55. The number of ether oxygens (including phenoxy) is 2. The van der Waals surface area contributed by atoms with E-state index in [1.165, 1.54) is 0 Å². The van der Waals surface area contributed by atoms with Gasteiger partial charge < -0.3 is 19.8 Å². The summed E-state index contributed by atoms with van der Waals surface area (Å²) in [5, 5.41) is 3.91. The van der Waals surface area contributed by atoms with Crippen molar-refractivity contribution in [3.8, 4) is 11.5 Å². The second-order valence-electron chi connectivity index (χ2n) is 5.35. The Morgan fingerprint density at radius 2 is 2.04 bits per heavy atom. The minimum atomic E-state index is 0.545. The first-order valence-corrected chi connectivity index (χ1v) is 8.22. The normalized spacial score (nSPS) is 11.0. The van der Waals surface area contributed by atoms with Crippen LogP contribution in [-0.4, -0.2) is 23.7 Å². The molecule has 6 heteroatoms. The third-order valence-corrected chi connectivity index (χ3v) is 3.91. The number of aromatic nitrogens is 2. The average molecular weight is 346 g/mol. The molecule has 0 unspecified atom stereocenters. The van der Waals surface area contributed by atoms with Gasteiger partial charge in [-0.05, 0) is 36.8 Å². The lowest BCUT2D eigenvalue weighted by atomic mass is 10.2. The Balaban J connectivity index is 1.67. The Morgan fingerprint density at radius 1 is 1.21 bits per heavy atom. The van der Waals surface area contributed by atoms with Gasteiger partial charge in [0.1, 0.15) is 5.82 Å². The van der Waals surface area contributed by atoms with Gasteiger partial charge in [0, 0.05) is 6.54 Å². The molecule has 5 nitrogen and oxygen atoms in total. The van der Waals surface area contributed by atoms with Crippen molar-refractivity contribution in [2.45, 2.75) is 20.0 Å². The standard InChI is InChI=1S/C18H20ClN3O2/c1-3-24-16-9-12(8-13(19)18(16)23-2)10-20-11-17-21-14-6-4-5-7-15(14)22-17/h4-9,20H,3,10-11H2,1-2H3,(H,21,22). The minimum absolute atomic E-state index is 0.545. The van der Waals surface area contributed by atoms with E-state index in [0.717, 1.165) is 22.4 Å². The summed E-state index contributed by atoms with van der Waals surface area (Å²) in [6, 6.07) is 11.8. The van der Waals surface area contributed by atoms with Gasteiger partial charge in [-0.2, -0.15) is 0 Å². The molecule has 2 N–H and O–H groups in total. The summed E-state index contributed by atoms with van der Waals surface area (Å²) >= 11 is 6.27. The predicted molar refractivity (Wildman–Crippen MR) is 95.8 cm³/mol. The highest BCUT2D eigenvalue weighted by atomic mass is 35.5. The van der Waals surface area contributed by atoms with Gasteiger partial charge in [0.2, 0.25) is 0 Å². The first-order chi connectivity index (χ1) is 11.7. The third-order valence-electron chi connectivity index (χ3n) is 3.63. The maximum atomic E-state index is 6.27. The molecule has 2 aromatic carbocycles. The molecule has 0 amide bonds. The number of nitrogens with zero attached hydrogens (tertiary/aromatic N) is 1. The third kappa shape index (κ3) is 3.63. The number of methoxy groups -OCH3 is 1. The van der Waals surface area contributed by atoms with Crippen LogP contribution in [0.5, 0.6) is 11.5 Å². The molecule has 0 saturated carbocycles. The van der Waals surface area contributed by atoms with Gasteiger partial charge >= 0.3 is 0 Å². The topological polar surface area (TPSA) is 59.2 Å². The molecular weight excluding hydrogens is 326 g/mol. The van der Waals surface area contributed by atoms with Crippen LogP contribution in [0.15, 0.2) is 36.4 Å². The predicted octanol–water partition coefficient (Wildman–Crippen LogP) is 3.91. The van der Waals surface area contributed by atoms with Crippen LogP contribution in [0, 0.1) is 0 Å². The molecule has 0 fully saturated rings. The minimum Gasteiger partial charge on any atom is -0.491 e. The molecule has 0 atom stereocenters. The number of fused-ring (bicyclic) bond motifs is 1. The van der Waals surface area contributed by atoms with Gasteiger partial charge in [-0.15, -0.1) is 0 Å². The molecule has 0 aliphatic heterocycles. The molecule has 126 valence electrons. The highest BCUT2D eigenvalue weighted by Crippen LogP contribution is 2.36. The lowest BCUT2D eigenvalue weighted by Crippen LogP contribution is -2.14. The maximum Gasteiger partial charge on any atom is 0.179 e. The largest absolute Gasteiger partial charge is 0.491 e. The molecule has 0 bridgehead atoms. The Labute approximate surface area is 146 Å². The number of nitrogens with one attached hydrogen (secondary N) is 2. The Hall–Kier alpha value is -2.24. The van der Waals surface area contributed by atoms with Gasteiger partial charge in [0.05, 0.1) is 36.3 Å². The van der Waals surface area contributed by atoms with E-state index in [0.29, 0.717) is 36.2 Å². The number of hydrogen-bond donors (Lipinski definition) is 2. The van der Waals surface area contributed by atoms with Crippen LogP contribution in [0.3, 0.4) is 0 Å². The maximum absolute atomic E-state index is 6.27. The molecular formula is C18H20ClN3O2. The highest BCUT2D eigenvalue weighted by Gasteiger charge is 2.11. The smallest absolute Gasteiger partial charge is 0.179 e. The van der Waals surface area contributed by atoms with Crippen molar-refractivity contribution in [2.24, 2.45) is 0 Å². The number of H-pyrrole nitrogens is 1. The van der Waals surface area contributed by atoms with Crippen molar-refractivity contribution < 1.29 is 9.47 Å². The Morgan fingerprint density at radius 3 is 2.79 bits per heavy atom. The molecule has 0 spiro atoms. The number of rotatable bonds is 7. The van der Waals surface area contributed by atoms with E-state index in [2.05, 4.69) is 15.3 Å². The van der Waals surface area contributed by atoms with Crippen LogP contribution in [0.25, 0.3) is 11.0 Å². The van der Waals surface area contributed by atoms with Crippen molar-refractivity contribution in [3.63, 3.8) is 0 Å². The zero-order chi connectivity index (χ0) is 16.9. The number of aromatic amines is 1. The van der Waals surface area contributed by atoms with Crippen LogP contribution >= 0.6 is 11.6 Å². The summed E-state index contributed by atoms with van der Waals surface area (Å²) in [5.74, 6) is 2.13. The van der Waals surface area contributed by atoms with E-state index in [9.17, 15) is 0 Å². The lowest BCUT2D eigenvalue weighted by molar-refractivity contribution is 0.310. The summed E-state index contributed by atoms with van der Waals surface area (Å²) in [6.07, 6.45) is 0. The molecule has 0 aliphatic carbocycles. The quantitative estimate of drug-likeness (QED) is 0.681. The van der Waals surface area contributed by atoms with Crippen molar-refractivity contribution in [1.29, 1.82) is 0 Å². The van der Waals surface area contributed by atoms with E-state index < -0.39 is 0 Å². The summed E-state index contributed by atoms with van der Waals surface area (Å²) in [5.41, 5.74) is 3.04. The van der Waals surface area contributed by atoms with Crippen LogP contribution in [0.2, 0.25) is 5.02 Å². The van der Waals surface area contributed by atoms with Gasteiger partial charge in [0.15, 0.2) is 11.5 Å². The van der Waals surface area contributed by atoms with Gasteiger partial charge in [-0.25, -0.2) is 4.98 Å². The number of hydrogen-bond acceptors (Lipinski definition) is 4. The SMILES string of the molecule is CCOc1cc(CNCc2nc3ccccc3[nH]2)cc(Cl)c1OC. The molecule has 1 aromatic heterocycles. The molecule has 0 aliphatic rings. The van der Waals surface area contributed by atoms with E-state index in [1.807, 2.05) is 43.3 Å². The highest BCUT2D eigenvalue weighted by molar-refractivity contribution is 6.32. The monoisotopic (exact) mass is 345 g/mol. The molecule has 3 aromatic rings. The zero-order valence-corrected chi connectivity index (χ0v) is 14.5. The summed E-state index contributed by atoms with van der Waals surface area (Å²) in [7, 11) is 1.59. The number of imidazole rings is 1. The van der Waals surface area contributed by atoms with Crippen LogP contribution in [0.4, 0.5) is 0 Å². The van der Waals surface area contributed by atoms with Gasteiger partial charge in [0.25, 0.3) is 0 Å². The second-order valence-corrected chi connectivity index (χ2v) is 5.75. The summed E-state index contributed by atoms with van der Waals surface area (Å²) < 4.78 is 10.9. The van der Waals surface area contributed by atoms with E-state index in [4.69, 9.17) is 21.1 Å². The van der Waals surface area contributed by atoms with Crippen LogP contribution in [0.1, 0.15) is 18.3 Å². The Bertz CT molecular complexity index is 799. The average Bonchev–Trinajstić information content (AvgIpc) is 2.98. The van der Waals surface area contributed by atoms with Gasteiger partial charge in [-0.3, -0.25) is 0 Å². The van der Waals surface area contributed by atoms with E-state index in [1.54, 1.807) is 7.11 Å². The number of para-hydroxylation sites is 2. The van der Waals surface area contributed by atoms with Crippen LogP contribution in [-0.2, 0) is 13.1 Å². The lowest BCUT2D eigenvalue weighted by Gasteiger charge is -2.13. The van der Waals surface area contributed by atoms with Crippen molar-refractivity contribution in [2.75, 3.05) is 13.7 Å². The number of benzene rings is 2. The van der Waals surface area contributed by atoms with Crippen molar-refractivity contribution in [3.05, 3.63) is 52.8 Å². The van der Waals surface area contributed by atoms with Crippen molar-refractivity contribution in [1.82, 2.24) is 15.3 Å². The van der Waals surface area contributed by atoms with Crippen LogP contribution < -0.4 is 14.8 Å². The summed E-state index contributed by atoms with van der Waals surface area (Å²) in [6.45, 7) is 3.78. The van der Waals surface area contributed by atoms with E-state index >= 15 is 0 Å². The molecule has 1 heterocycles. The molecule has 3 rings (SSSR count). The Kier molecular flexibility index (Phi) is 5.23. The first-order valence-electron chi connectivity index (χ1n) is 7.84. The fourth-order valence-corrected chi connectivity index (χ4v) is 2.91. The fraction of sp³-hybridized carbons (Fsp3) is 0.278. The molecule has 0 saturated heterocycles.